The van der Waals surface area contributed by atoms with Gasteiger partial charge >= 0.3 is 11.9 Å². The molecule has 11 heteroatoms. The molecule has 0 bridgehead atoms. The minimum absolute atomic E-state index is 0.0795. The van der Waals surface area contributed by atoms with Crippen molar-refractivity contribution in [3.63, 3.8) is 0 Å². The number of benzene rings is 1. The molecule has 1 aromatic heterocycles. The first-order valence-corrected chi connectivity index (χ1v) is 11.1. The highest BCUT2D eigenvalue weighted by atomic mass is 32.2. The summed E-state index contributed by atoms with van der Waals surface area (Å²) in [7, 11) is -3.19. The van der Waals surface area contributed by atoms with Gasteiger partial charge in [-0.05, 0) is 49.1 Å². The maximum atomic E-state index is 12.4. The van der Waals surface area contributed by atoms with Gasteiger partial charge in [0, 0.05) is 30.2 Å². The van der Waals surface area contributed by atoms with E-state index in [4.69, 9.17) is 21.1 Å². The zero-order chi connectivity index (χ0) is 22.3. The Morgan fingerprint density at radius 2 is 1.87 bits per heavy atom. The van der Waals surface area contributed by atoms with E-state index in [-0.39, 0.29) is 5.75 Å². The van der Waals surface area contributed by atoms with Crippen LogP contribution in [0.3, 0.4) is 0 Å². The monoisotopic (exact) mass is 441 g/mol. The van der Waals surface area contributed by atoms with Crippen LogP contribution in [0.4, 0.5) is 0 Å². The van der Waals surface area contributed by atoms with Crippen molar-refractivity contribution in [3.05, 3.63) is 35.5 Å². The number of nitrogens with one attached hydrogen (secondary N) is 1. The van der Waals surface area contributed by atoms with Crippen LogP contribution in [0.5, 0.6) is 0 Å². The summed E-state index contributed by atoms with van der Waals surface area (Å²) >= 11 is 0. The summed E-state index contributed by atoms with van der Waals surface area (Å²) in [6, 6.07) is 5.81. The molecule has 30 heavy (non-hydrogen) atoms. The van der Waals surface area contributed by atoms with Gasteiger partial charge in [0.1, 0.15) is 0 Å². The standard InChI is InChI=1S/C15H21N3O2S.C4H6O5/c16-6-5-13-10-17-15-4-3-12(9-14(13)15)11-21(19,20)18-7-1-2-8-18;5-2(4(8)9)1-3(6)7/h3-4,9-10,17H,1-2,5-8,11,16H2;2,5H,1H2,(H,6,7)(H,8,9). The van der Waals surface area contributed by atoms with Gasteiger partial charge in [0.05, 0.1) is 12.2 Å². The zero-order valence-electron chi connectivity index (χ0n) is 16.5. The normalized spacial score (nSPS) is 15.5. The van der Waals surface area contributed by atoms with Crippen LogP contribution in [-0.4, -0.2) is 70.7 Å². The predicted molar refractivity (Wildman–Crippen MR) is 110 cm³/mol. The lowest BCUT2D eigenvalue weighted by Crippen LogP contribution is -2.29. The second-order valence-electron chi connectivity index (χ2n) is 7.05. The minimum Gasteiger partial charge on any atom is -0.481 e. The molecule has 0 amide bonds. The van der Waals surface area contributed by atoms with Crippen LogP contribution in [0, 0.1) is 0 Å². The summed E-state index contributed by atoms with van der Waals surface area (Å²) in [5.41, 5.74) is 8.63. The Kier molecular flexibility index (Phi) is 8.35. The number of nitrogens with zero attached hydrogens (tertiary/aromatic N) is 1. The summed E-state index contributed by atoms with van der Waals surface area (Å²) in [6.07, 6.45) is 2.14. The number of sulfonamides is 1. The Bertz CT molecular complexity index is 981. The molecule has 0 radical (unpaired) electrons. The third-order valence-corrected chi connectivity index (χ3v) is 6.56. The first-order chi connectivity index (χ1) is 14.1. The summed E-state index contributed by atoms with van der Waals surface area (Å²) in [4.78, 5) is 22.6. The molecule has 2 heterocycles. The van der Waals surface area contributed by atoms with E-state index in [0.717, 1.165) is 41.3 Å². The lowest BCUT2D eigenvalue weighted by molar-refractivity contribution is -0.152. The quantitative estimate of drug-likeness (QED) is 0.393. The molecule has 6 N–H and O–H groups in total. The summed E-state index contributed by atoms with van der Waals surface area (Å²) in [6.45, 7) is 1.91. The van der Waals surface area contributed by atoms with E-state index >= 15 is 0 Å². The fourth-order valence-electron chi connectivity index (χ4n) is 3.20. The molecule has 1 unspecified atom stereocenters. The Morgan fingerprint density at radius 1 is 1.20 bits per heavy atom. The van der Waals surface area contributed by atoms with Gasteiger partial charge in [-0.1, -0.05) is 6.07 Å². The van der Waals surface area contributed by atoms with Crippen molar-refractivity contribution in [1.29, 1.82) is 0 Å². The van der Waals surface area contributed by atoms with E-state index in [0.29, 0.717) is 19.6 Å². The highest BCUT2D eigenvalue weighted by Crippen LogP contribution is 2.23. The van der Waals surface area contributed by atoms with Crippen molar-refractivity contribution in [2.75, 3.05) is 19.6 Å². The van der Waals surface area contributed by atoms with Gasteiger partial charge in [0.25, 0.3) is 0 Å². The zero-order valence-corrected chi connectivity index (χ0v) is 17.3. The van der Waals surface area contributed by atoms with Crippen molar-refractivity contribution in [2.24, 2.45) is 5.73 Å². The van der Waals surface area contributed by atoms with E-state index in [2.05, 4.69) is 4.98 Å². The van der Waals surface area contributed by atoms with E-state index in [1.807, 2.05) is 24.4 Å². The lowest BCUT2D eigenvalue weighted by atomic mass is 10.1. The van der Waals surface area contributed by atoms with Crippen molar-refractivity contribution in [3.8, 4) is 0 Å². The topological polar surface area (TPSA) is 174 Å². The fourth-order valence-corrected chi connectivity index (χ4v) is 4.80. The van der Waals surface area contributed by atoms with Crippen LogP contribution in [0.15, 0.2) is 24.4 Å². The molecular weight excluding hydrogens is 414 g/mol. The Labute approximate surface area is 174 Å². The van der Waals surface area contributed by atoms with Gasteiger partial charge in [-0.2, -0.15) is 0 Å². The third kappa shape index (κ3) is 6.52. The molecule has 1 aliphatic rings. The van der Waals surface area contributed by atoms with Gasteiger partial charge in [-0.3, -0.25) is 4.79 Å². The largest absolute Gasteiger partial charge is 0.481 e. The number of H-pyrrole nitrogens is 1. The number of carbonyl (C=O) groups is 2. The summed E-state index contributed by atoms with van der Waals surface area (Å²) in [5, 5.41) is 25.2. The number of aliphatic carboxylic acids is 2. The number of hydrogen-bond acceptors (Lipinski definition) is 6. The van der Waals surface area contributed by atoms with Crippen molar-refractivity contribution >= 4 is 32.9 Å². The maximum Gasteiger partial charge on any atom is 0.333 e. The summed E-state index contributed by atoms with van der Waals surface area (Å²) in [5.74, 6) is -2.77. The average molecular weight is 442 g/mol. The molecular formula is C19H27N3O7S. The smallest absolute Gasteiger partial charge is 0.333 e. The van der Waals surface area contributed by atoms with E-state index in [1.54, 1.807) is 4.31 Å². The number of carboxylic acid groups (broad SMARTS) is 2. The second kappa shape index (κ2) is 10.5. The van der Waals surface area contributed by atoms with E-state index in [1.165, 1.54) is 0 Å². The highest BCUT2D eigenvalue weighted by Gasteiger charge is 2.25. The molecule has 1 aliphatic heterocycles. The summed E-state index contributed by atoms with van der Waals surface area (Å²) < 4.78 is 26.4. The van der Waals surface area contributed by atoms with Crippen molar-refractivity contribution < 1.29 is 33.3 Å². The van der Waals surface area contributed by atoms with Crippen LogP contribution < -0.4 is 5.73 Å². The highest BCUT2D eigenvalue weighted by molar-refractivity contribution is 7.88. The average Bonchev–Trinajstić information content (AvgIpc) is 3.33. The van der Waals surface area contributed by atoms with Crippen molar-refractivity contribution in [2.45, 2.75) is 37.5 Å². The Hall–Kier alpha value is -2.47. The third-order valence-electron chi connectivity index (χ3n) is 4.71. The minimum atomic E-state index is -3.19. The molecule has 1 atom stereocenters. The molecule has 1 aromatic carbocycles. The molecule has 166 valence electrons. The number of aliphatic hydroxyl groups excluding tert-OH is 1. The fraction of sp³-hybridized carbons (Fsp3) is 0.474. The number of rotatable bonds is 8. The molecule has 0 saturated carbocycles. The van der Waals surface area contributed by atoms with Gasteiger partial charge in [0.2, 0.25) is 10.0 Å². The molecule has 10 nitrogen and oxygen atoms in total. The number of aliphatic hydroxyl groups is 1. The molecule has 1 saturated heterocycles. The van der Waals surface area contributed by atoms with Crippen molar-refractivity contribution in [1.82, 2.24) is 9.29 Å². The van der Waals surface area contributed by atoms with Crippen LogP contribution in [-0.2, 0) is 31.8 Å². The first kappa shape index (κ1) is 23.8. The van der Waals surface area contributed by atoms with Gasteiger partial charge in [-0.15, -0.1) is 0 Å². The predicted octanol–water partition coefficient (Wildman–Crippen LogP) is 0.501. The van der Waals surface area contributed by atoms with Crippen LogP contribution in [0.1, 0.15) is 30.4 Å². The number of aromatic amines is 1. The number of carboxylic acids is 2. The van der Waals surface area contributed by atoms with E-state index < -0.39 is 34.5 Å². The van der Waals surface area contributed by atoms with Gasteiger partial charge < -0.3 is 26.0 Å². The molecule has 0 spiro atoms. The van der Waals surface area contributed by atoms with Crippen LogP contribution >= 0.6 is 0 Å². The number of aromatic nitrogens is 1. The van der Waals surface area contributed by atoms with Gasteiger partial charge in [0.15, 0.2) is 6.10 Å². The first-order valence-electron chi connectivity index (χ1n) is 9.53. The molecule has 2 aromatic rings. The van der Waals surface area contributed by atoms with Crippen LogP contribution in [0.25, 0.3) is 10.9 Å². The molecule has 0 aliphatic carbocycles. The lowest BCUT2D eigenvalue weighted by Gasteiger charge is -2.15. The Balaban J connectivity index is 0.000000303. The SMILES string of the molecule is NCCc1c[nH]c2ccc(CS(=O)(=O)N3CCCC3)cc12.O=C(O)CC(O)C(=O)O. The number of fused-ring (bicyclic) bond motifs is 1. The van der Waals surface area contributed by atoms with Gasteiger partial charge in [-0.25, -0.2) is 17.5 Å². The maximum absolute atomic E-state index is 12.4. The van der Waals surface area contributed by atoms with E-state index in [9.17, 15) is 18.0 Å². The molecule has 3 rings (SSSR count). The number of nitrogens with two attached hydrogens (primary N) is 1. The molecule has 1 fully saturated rings. The second-order valence-corrected chi connectivity index (χ2v) is 9.02. The van der Waals surface area contributed by atoms with Crippen LogP contribution in [0.2, 0.25) is 0 Å². The number of hydrogen-bond donors (Lipinski definition) is 5. The Morgan fingerprint density at radius 3 is 2.40 bits per heavy atom.